The lowest BCUT2D eigenvalue weighted by molar-refractivity contribution is 0.411. The number of hydrogen-bond acceptors (Lipinski definition) is 5. The van der Waals surface area contributed by atoms with Crippen LogP contribution in [0.5, 0.6) is 5.75 Å². The minimum atomic E-state index is -0.446. The number of methoxy groups -OCH3 is 1. The number of rotatable bonds is 6. The summed E-state index contributed by atoms with van der Waals surface area (Å²) in [5, 5.41) is 8.63. The fourth-order valence-corrected chi connectivity index (χ4v) is 5.08. The summed E-state index contributed by atoms with van der Waals surface area (Å²) >= 11 is 6.27. The van der Waals surface area contributed by atoms with Gasteiger partial charge < -0.3 is 21.5 Å². The molecular weight excluding hydrogens is 515 g/mol. The molecule has 0 amide bonds. The number of amidine groups is 1. The molecule has 200 valence electrons. The molecule has 1 aliphatic carbocycles. The predicted molar refractivity (Wildman–Crippen MR) is 155 cm³/mol. The largest absolute Gasteiger partial charge is 0.497 e. The summed E-state index contributed by atoms with van der Waals surface area (Å²) in [6.07, 6.45) is 7.37. The molecule has 2 aromatic heterocycles. The van der Waals surface area contributed by atoms with Crippen molar-refractivity contribution in [3.8, 4) is 28.7 Å². The number of anilines is 1. The molecule has 39 heavy (non-hydrogen) atoms. The van der Waals surface area contributed by atoms with Crippen molar-refractivity contribution in [1.29, 1.82) is 0 Å². The Balaban J connectivity index is 1.64. The lowest BCUT2D eigenvalue weighted by Crippen LogP contribution is -2.33. The third kappa shape index (κ3) is 5.70. The molecule has 4 aromatic rings. The zero-order chi connectivity index (χ0) is 27.5. The zero-order valence-corrected chi connectivity index (χ0v) is 22.6. The van der Waals surface area contributed by atoms with Gasteiger partial charge in [-0.2, -0.15) is 5.10 Å². The summed E-state index contributed by atoms with van der Waals surface area (Å²) < 4.78 is 21.1. The van der Waals surface area contributed by atoms with Gasteiger partial charge in [0, 0.05) is 35.5 Å². The van der Waals surface area contributed by atoms with Gasteiger partial charge in [0.15, 0.2) is 0 Å². The first-order valence-electron chi connectivity index (χ1n) is 12.8. The van der Waals surface area contributed by atoms with Crippen LogP contribution >= 0.6 is 11.6 Å². The maximum atomic E-state index is 13.9. The topological polar surface area (TPSA) is 103 Å². The molecule has 0 aliphatic heterocycles. The molecule has 0 bridgehead atoms. The highest BCUT2D eigenvalue weighted by atomic mass is 35.5. The van der Waals surface area contributed by atoms with Gasteiger partial charge in [0.2, 0.25) is 0 Å². The van der Waals surface area contributed by atoms with E-state index in [9.17, 15) is 4.39 Å². The van der Waals surface area contributed by atoms with Crippen LogP contribution in [0.3, 0.4) is 0 Å². The fraction of sp³-hybridized carbons (Fsp3) is 0.267. The van der Waals surface area contributed by atoms with Crippen molar-refractivity contribution in [2.24, 2.45) is 16.5 Å². The fourth-order valence-electron chi connectivity index (χ4n) is 4.92. The summed E-state index contributed by atoms with van der Waals surface area (Å²) in [6.45, 7) is 1.80. The van der Waals surface area contributed by atoms with Crippen molar-refractivity contribution in [2.75, 3.05) is 12.4 Å². The molecule has 0 unspecified atom stereocenters. The Morgan fingerprint density at radius 3 is 2.72 bits per heavy atom. The molecule has 5 N–H and O–H groups in total. The zero-order valence-electron chi connectivity index (χ0n) is 21.8. The summed E-state index contributed by atoms with van der Waals surface area (Å²) in [5.74, 6) is 6.63. The molecule has 2 aromatic carbocycles. The SMILES string of the molecule is CC#Cc1cc(OC)ccc1-c1cc2c(NC3CCC(N)CC3)c(C(N)=Nc3cc(F)ccc3Cl)cnn2c1. The number of nitrogens with zero attached hydrogens (tertiary/aromatic N) is 3. The van der Waals surface area contributed by atoms with Crippen LogP contribution in [0.2, 0.25) is 5.02 Å². The molecule has 1 fully saturated rings. The van der Waals surface area contributed by atoms with Gasteiger partial charge in [-0.25, -0.2) is 13.9 Å². The van der Waals surface area contributed by atoms with Crippen LogP contribution in [0.15, 0.2) is 59.9 Å². The van der Waals surface area contributed by atoms with Crippen LogP contribution in [-0.4, -0.2) is 34.6 Å². The third-order valence-electron chi connectivity index (χ3n) is 6.98. The molecule has 2 heterocycles. The van der Waals surface area contributed by atoms with Crippen LogP contribution in [-0.2, 0) is 0 Å². The number of halogens is 2. The van der Waals surface area contributed by atoms with E-state index in [4.69, 9.17) is 27.8 Å². The average molecular weight is 545 g/mol. The molecule has 1 saturated carbocycles. The lowest BCUT2D eigenvalue weighted by Gasteiger charge is -2.28. The first-order chi connectivity index (χ1) is 18.9. The Hall–Kier alpha value is -4.06. The van der Waals surface area contributed by atoms with E-state index in [-0.39, 0.29) is 23.6 Å². The molecule has 0 atom stereocenters. The van der Waals surface area contributed by atoms with E-state index >= 15 is 0 Å². The van der Waals surface area contributed by atoms with E-state index in [1.165, 1.54) is 18.2 Å². The van der Waals surface area contributed by atoms with Crippen LogP contribution in [0.1, 0.15) is 43.7 Å². The number of aromatic nitrogens is 2. The summed E-state index contributed by atoms with van der Waals surface area (Å²) in [4.78, 5) is 4.47. The second-order valence-electron chi connectivity index (χ2n) is 9.63. The van der Waals surface area contributed by atoms with Crippen LogP contribution in [0.4, 0.5) is 15.8 Å². The highest BCUT2D eigenvalue weighted by Gasteiger charge is 2.22. The Morgan fingerprint density at radius 2 is 1.97 bits per heavy atom. The van der Waals surface area contributed by atoms with Gasteiger partial charge in [-0.05, 0) is 74.6 Å². The van der Waals surface area contributed by atoms with Crippen molar-refractivity contribution in [3.05, 3.63) is 76.8 Å². The molecular formula is C30H30ClFN6O. The lowest BCUT2D eigenvalue weighted by atomic mass is 9.91. The van der Waals surface area contributed by atoms with Gasteiger partial charge in [-0.15, -0.1) is 5.92 Å². The monoisotopic (exact) mass is 544 g/mol. The Kier molecular flexibility index (Phi) is 7.73. The minimum absolute atomic E-state index is 0.178. The number of ether oxygens (including phenoxy) is 1. The first kappa shape index (κ1) is 26.5. The average Bonchev–Trinajstić information content (AvgIpc) is 3.37. The van der Waals surface area contributed by atoms with E-state index in [1.807, 2.05) is 28.9 Å². The summed E-state index contributed by atoms with van der Waals surface area (Å²) in [6, 6.07) is 12.3. The van der Waals surface area contributed by atoms with E-state index in [0.29, 0.717) is 10.6 Å². The van der Waals surface area contributed by atoms with Crippen molar-refractivity contribution in [3.63, 3.8) is 0 Å². The van der Waals surface area contributed by atoms with Gasteiger partial charge in [0.05, 0.1) is 40.8 Å². The Labute approximate surface area is 232 Å². The van der Waals surface area contributed by atoms with Crippen LogP contribution < -0.4 is 21.5 Å². The number of hydrogen-bond donors (Lipinski definition) is 3. The Morgan fingerprint density at radius 1 is 1.18 bits per heavy atom. The third-order valence-corrected chi connectivity index (χ3v) is 7.30. The quantitative estimate of drug-likeness (QED) is 0.159. The van der Waals surface area contributed by atoms with E-state index in [2.05, 4.69) is 33.3 Å². The van der Waals surface area contributed by atoms with E-state index in [1.54, 1.807) is 20.2 Å². The maximum absolute atomic E-state index is 13.9. The molecule has 0 saturated heterocycles. The number of nitrogens with one attached hydrogen (secondary N) is 1. The maximum Gasteiger partial charge on any atom is 0.135 e. The van der Waals surface area contributed by atoms with Crippen molar-refractivity contribution in [1.82, 2.24) is 9.61 Å². The molecule has 9 heteroatoms. The molecule has 1 aliphatic rings. The normalized spacial score (nSPS) is 17.5. The first-order valence-corrected chi connectivity index (χ1v) is 13.2. The van der Waals surface area contributed by atoms with Crippen LogP contribution in [0, 0.1) is 17.7 Å². The molecule has 0 spiro atoms. The van der Waals surface area contributed by atoms with Crippen LogP contribution in [0.25, 0.3) is 16.6 Å². The van der Waals surface area contributed by atoms with Crippen molar-refractivity contribution in [2.45, 2.75) is 44.7 Å². The molecule has 5 rings (SSSR count). The van der Waals surface area contributed by atoms with E-state index in [0.717, 1.165) is 59.3 Å². The second kappa shape index (κ2) is 11.4. The number of aliphatic imine (C=N–C) groups is 1. The minimum Gasteiger partial charge on any atom is -0.497 e. The number of benzene rings is 2. The highest BCUT2D eigenvalue weighted by molar-refractivity contribution is 6.33. The Bertz CT molecular complexity index is 1610. The van der Waals surface area contributed by atoms with Crippen molar-refractivity contribution >= 4 is 34.3 Å². The second-order valence-corrected chi connectivity index (χ2v) is 10.0. The smallest absolute Gasteiger partial charge is 0.135 e. The van der Waals surface area contributed by atoms with Gasteiger partial charge in [0.25, 0.3) is 0 Å². The predicted octanol–water partition coefficient (Wildman–Crippen LogP) is 5.89. The standard InChI is InChI=1S/C30H30ClFN6O/c1-3-4-18-13-23(39-2)10-11-24(18)19-14-28-29(36-22-8-6-21(33)7-9-22)25(16-35-38(28)17-19)30(34)37-27-15-20(32)5-12-26(27)31/h5,10-17,21-22,36H,6-9,33H2,1-2H3,(H2,34,37). The molecule has 7 nitrogen and oxygen atoms in total. The summed E-state index contributed by atoms with van der Waals surface area (Å²) in [5.41, 5.74) is 17.9. The number of nitrogens with two attached hydrogens (primary N) is 2. The highest BCUT2D eigenvalue weighted by Crippen LogP contribution is 2.34. The number of fused-ring (bicyclic) bond motifs is 1. The van der Waals surface area contributed by atoms with Gasteiger partial charge in [-0.3, -0.25) is 0 Å². The van der Waals surface area contributed by atoms with Gasteiger partial charge >= 0.3 is 0 Å². The molecule has 0 radical (unpaired) electrons. The van der Waals surface area contributed by atoms with E-state index < -0.39 is 5.82 Å². The van der Waals surface area contributed by atoms with Crippen molar-refractivity contribution < 1.29 is 9.13 Å². The summed E-state index contributed by atoms with van der Waals surface area (Å²) in [7, 11) is 1.63. The van der Waals surface area contributed by atoms with Gasteiger partial charge in [-0.1, -0.05) is 17.5 Å². The van der Waals surface area contributed by atoms with Gasteiger partial charge in [0.1, 0.15) is 17.4 Å².